The molecule has 2 saturated heterocycles. The molecular formula is C21H23F2N5O5S. The molecule has 1 amide bonds. The second kappa shape index (κ2) is 9.58. The lowest BCUT2D eigenvalue weighted by Gasteiger charge is -2.38. The normalized spacial score (nSPS) is 18.2. The molecule has 2 aliphatic rings. The number of amides is 1. The number of pyridine rings is 1. The van der Waals surface area contributed by atoms with Gasteiger partial charge in [-0.3, -0.25) is 14.9 Å². The first-order valence-corrected chi connectivity index (χ1v) is 12.2. The molecule has 0 saturated carbocycles. The Morgan fingerprint density at radius 1 is 1.00 bits per heavy atom. The number of nitro groups is 1. The first-order chi connectivity index (χ1) is 16.2. The molecule has 0 bridgehead atoms. The third-order valence-corrected chi connectivity index (χ3v) is 8.09. The van der Waals surface area contributed by atoms with Gasteiger partial charge in [-0.15, -0.1) is 0 Å². The SMILES string of the molecule is O=C(C1CCN(S(=O)(=O)c2ccc(F)c(F)c2)CC1)N1CCN(c2ccc([N+](=O)[O-])cn2)CC1. The van der Waals surface area contributed by atoms with Gasteiger partial charge in [0.1, 0.15) is 12.0 Å². The van der Waals surface area contributed by atoms with Crippen molar-refractivity contribution in [2.75, 3.05) is 44.2 Å². The molecule has 1 aromatic carbocycles. The van der Waals surface area contributed by atoms with E-state index in [-0.39, 0.29) is 35.5 Å². The summed E-state index contributed by atoms with van der Waals surface area (Å²) < 4.78 is 53.3. The molecular weight excluding hydrogens is 472 g/mol. The highest BCUT2D eigenvalue weighted by molar-refractivity contribution is 7.89. The number of benzene rings is 1. The van der Waals surface area contributed by atoms with Crippen molar-refractivity contribution < 1.29 is 26.9 Å². The third kappa shape index (κ3) is 4.85. The van der Waals surface area contributed by atoms with Gasteiger partial charge in [0.15, 0.2) is 11.6 Å². The lowest BCUT2D eigenvalue weighted by atomic mass is 9.96. The molecule has 2 aliphatic heterocycles. The minimum atomic E-state index is -3.98. The van der Waals surface area contributed by atoms with Crippen LogP contribution in [0.5, 0.6) is 0 Å². The van der Waals surface area contributed by atoms with Crippen LogP contribution in [-0.4, -0.2) is 72.7 Å². The molecule has 0 N–H and O–H groups in total. The minimum absolute atomic E-state index is 0.0406. The number of sulfonamides is 1. The smallest absolute Gasteiger partial charge is 0.287 e. The quantitative estimate of drug-likeness (QED) is 0.460. The average Bonchev–Trinajstić information content (AvgIpc) is 2.85. The van der Waals surface area contributed by atoms with E-state index in [1.54, 1.807) is 11.0 Å². The number of carbonyl (C=O) groups excluding carboxylic acids is 1. The van der Waals surface area contributed by atoms with Crippen molar-refractivity contribution in [1.29, 1.82) is 0 Å². The number of carbonyl (C=O) groups is 1. The van der Waals surface area contributed by atoms with Crippen LogP contribution in [0.15, 0.2) is 41.4 Å². The molecule has 0 unspecified atom stereocenters. The summed E-state index contributed by atoms with van der Waals surface area (Å²) in [5, 5.41) is 10.8. The van der Waals surface area contributed by atoms with Crippen LogP contribution in [0.1, 0.15) is 12.8 Å². The van der Waals surface area contributed by atoms with Crippen molar-refractivity contribution in [2.24, 2.45) is 5.92 Å². The first kappa shape index (κ1) is 24.0. The van der Waals surface area contributed by atoms with Crippen LogP contribution < -0.4 is 4.90 Å². The maximum atomic E-state index is 13.5. The first-order valence-electron chi connectivity index (χ1n) is 10.8. The van der Waals surface area contributed by atoms with Crippen LogP contribution in [0.4, 0.5) is 20.3 Å². The number of nitrogens with zero attached hydrogens (tertiary/aromatic N) is 5. The van der Waals surface area contributed by atoms with Gasteiger partial charge < -0.3 is 9.80 Å². The summed E-state index contributed by atoms with van der Waals surface area (Å²) in [7, 11) is -3.98. The number of hydrogen-bond acceptors (Lipinski definition) is 7. The summed E-state index contributed by atoms with van der Waals surface area (Å²) in [6, 6.07) is 5.45. The standard InChI is InChI=1S/C21H23F2N5O5S/c22-18-3-2-17(13-19(18)23)34(32,33)27-7-5-15(6-8-27)21(29)26-11-9-25(10-12-26)20-4-1-16(14-24-20)28(30)31/h1-4,13-15H,5-12H2. The summed E-state index contributed by atoms with van der Waals surface area (Å²) >= 11 is 0. The van der Waals surface area contributed by atoms with Crippen LogP contribution in [0.2, 0.25) is 0 Å². The topological polar surface area (TPSA) is 117 Å². The van der Waals surface area contributed by atoms with Crippen molar-refractivity contribution in [2.45, 2.75) is 17.7 Å². The van der Waals surface area contributed by atoms with E-state index in [0.29, 0.717) is 50.9 Å². The molecule has 0 radical (unpaired) electrons. The van der Waals surface area contributed by atoms with Crippen molar-refractivity contribution in [3.63, 3.8) is 0 Å². The van der Waals surface area contributed by atoms with E-state index in [2.05, 4.69) is 4.98 Å². The fourth-order valence-corrected chi connectivity index (χ4v) is 5.70. The van der Waals surface area contributed by atoms with Crippen LogP contribution in [0.25, 0.3) is 0 Å². The van der Waals surface area contributed by atoms with Gasteiger partial charge in [0, 0.05) is 51.3 Å². The Morgan fingerprint density at radius 3 is 2.24 bits per heavy atom. The summed E-state index contributed by atoms with van der Waals surface area (Å²) in [6.07, 6.45) is 1.88. The molecule has 2 aromatic rings. The Kier molecular flexibility index (Phi) is 6.75. The van der Waals surface area contributed by atoms with E-state index >= 15 is 0 Å². The molecule has 0 aliphatic carbocycles. The van der Waals surface area contributed by atoms with Crippen LogP contribution in [-0.2, 0) is 14.8 Å². The Morgan fingerprint density at radius 2 is 1.68 bits per heavy atom. The number of piperidine rings is 1. The maximum Gasteiger partial charge on any atom is 0.287 e. The highest BCUT2D eigenvalue weighted by atomic mass is 32.2. The monoisotopic (exact) mass is 495 g/mol. The number of anilines is 1. The molecule has 0 spiro atoms. The Hall–Kier alpha value is -3.19. The molecule has 13 heteroatoms. The fraction of sp³-hybridized carbons (Fsp3) is 0.429. The van der Waals surface area contributed by atoms with Crippen molar-refractivity contribution >= 4 is 27.4 Å². The zero-order valence-corrected chi connectivity index (χ0v) is 19.0. The van der Waals surface area contributed by atoms with Gasteiger partial charge in [0.2, 0.25) is 15.9 Å². The van der Waals surface area contributed by atoms with E-state index < -0.39 is 26.6 Å². The molecule has 0 atom stereocenters. The molecule has 2 fully saturated rings. The largest absolute Gasteiger partial charge is 0.353 e. The summed E-state index contributed by atoms with van der Waals surface area (Å²) in [5.41, 5.74) is -0.0875. The zero-order valence-electron chi connectivity index (χ0n) is 18.1. The minimum Gasteiger partial charge on any atom is -0.353 e. The fourth-order valence-electron chi connectivity index (χ4n) is 4.22. The van der Waals surface area contributed by atoms with Gasteiger partial charge in [-0.05, 0) is 37.1 Å². The molecule has 1 aromatic heterocycles. The van der Waals surface area contributed by atoms with Gasteiger partial charge in [0.25, 0.3) is 5.69 Å². The summed E-state index contributed by atoms with van der Waals surface area (Å²) in [4.78, 5) is 30.7. The van der Waals surface area contributed by atoms with Crippen LogP contribution in [0.3, 0.4) is 0 Å². The van der Waals surface area contributed by atoms with Crippen molar-refractivity contribution in [3.8, 4) is 0 Å². The van der Waals surface area contributed by atoms with Crippen LogP contribution in [0, 0.1) is 27.7 Å². The van der Waals surface area contributed by atoms with Crippen molar-refractivity contribution in [1.82, 2.24) is 14.2 Å². The highest BCUT2D eigenvalue weighted by Crippen LogP contribution is 2.27. The van der Waals surface area contributed by atoms with Gasteiger partial charge in [-0.25, -0.2) is 22.2 Å². The zero-order chi connectivity index (χ0) is 24.5. The Bertz CT molecular complexity index is 1180. The highest BCUT2D eigenvalue weighted by Gasteiger charge is 2.35. The Labute approximate surface area is 195 Å². The second-order valence-electron chi connectivity index (χ2n) is 8.20. The molecule has 182 valence electrons. The van der Waals surface area contributed by atoms with Crippen molar-refractivity contribution in [3.05, 3.63) is 58.3 Å². The predicted octanol–water partition coefficient (Wildman–Crippen LogP) is 2.02. The number of halogens is 2. The summed E-state index contributed by atoms with van der Waals surface area (Å²) in [6.45, 7) is 2.21. The predicted molar refractivity (Wildman–Crippen MR) is 118 cm³/mol. The lowest BCUT2D eigenvalue weighted by molar-refractivity contribution is -0.385. The number of hydrogen-bond donors (Lipinski definition) is 0. The van der Waals surface area contributed by atoms with Gasteiger partial charge in [0.05, 0.1) is 9.82 Å². The van der Waals surface area contributed by atoms with E-state index in [9.17, 15) is 32.1 Å². The second-order valence-corrected chi connectivity index (χ2v) is 10.1. The Balaban J connectivity index is 1.31. The molecule has 3 heterocycles. The van der Waals surface area contributed by atoms with E-state index in [0.717, 1.165) is 12.1 Å². The number of aromatic nitrogens is 1. The number of piperazine rings is 1. The van der Waals surface area contributed by atoms with Crippen LogP contribution >= 0.6 is 0 Å². The lowest BCUT2D eigenvalue weighted by Crippen LogP contribution is -2.52. The van der Waals surface area contributed by atoms with E-state index in [1.807, 2.05) is 4.90 Å². The molecule has 4 rings (SSSR count). The molecule has 34 heavy (non-hydrogen) atoms. The van der Waals surface area contributed by atoms with Gasteiger partial charge in [-0.1, -0.05) is 0 Å². The summed E-state index contributed by atoms with van der Waals surface area (Å²) in [5.74, 6) is -2.10. The van der Waals surface area contributed by atoms with E-state index in [1.165, 1.54) is 16.6 Å². The van der Waals surface area contributed by atoms with E-state index in [4.69, 9.17) is 0 Å². The third-order valence-electron chi connectivity index (χ3n) is 6.19. The number of rotatable bonds is 5. The maximum absolute atomic E-state index is 13.5. The van der Waals surface area contributed by atoms with Gasteiger partial charge >= 0.3 is 0 Å². The van der Waals surface area contributed by atoms with Gasteiger partial charge in [-0.2, -0.15) is 4.31 Å². The molecule has 10 nitrogen and oxygen atoms in total. The average molecular weight is 496 g/mol.